The number of methoxy groups -OCH3 is 2. The summed E-state index contributed by atoms with van der Waals surface area (Å²) in [4.78, 5) is 13.4. The second kappa shape index (κ2) is 11.7. The van der Waals surface area contributed by atoms with Gasteiger partial charge in [0.15, 0.2) is 0 Å². The Morgan fingerprint density at radius 2 is 1.65 bits per heavy atom. The maximum Gasteiger partial charge on any atom is 0.264 e. The van der Waals surface area contributed by atoms with Gasteiger partial charge in [0.25, 0.3) is 10.0 Å². The predicted molar refractivity (Wildman–Crippen MR) is 145 cm³/mol. The Labute approximate surface area is 219 Å². The number of amides is 1. The van der Waals surface area contributed by atoms with Crippen molar-refractivity contribution in [3.63, 3.8) is 0 Å². The van der Waals surface area contributed by atoms with Crippen molar-refractivity contribution in [3.05, 3.63) is 83.4 Å². The summed E-state index contributed by atoms with van der Waals surface area (Å²) in [6, 6.07) is 19.1. The molecule has 1 unspecified atom stereocenters. The van der Waals surface area contributed by atoms with Gasteiger partial charge < -0.3 is 14.8 Å². The largest absolute Gasteiger partial charge is 0.497 e. The van der Waals surface area contributed by atoms with Crippen LogP contribution in [0.2, 0.25) is 0 Å². The Kier molecular flexibility index (Phi) is 8.38. The Morgan fingerprint density at radius 1 is 0.946 bits per heavy atom. The number of hydrogen-bond acceptors (Lipinski definition) is 5. The third kappa shape index (κ3) is 5.91. The summed E-state index contributed by atoms with van der Waals surface area (Å²) in [5.74, 6) is 0.498. The first kappa shape index (κ1) is 26.5. The number of anilines is 1. The molecule has 1 atom stereocenters. The molecular weight excluding hydrogens is 488 g/mol. The second-order valence-corrected chi connectivity index (χ2v) is 11.0. The van der Waals surface area contributed by atoms with Gasteiger partial charge in [0, 0.05) is 0 Å². The van der Waals surface area contributed by atoms with Crippen LogP contribution in [0.15, 0.2) is 71.6 Å². The lowest BCUT2D eigenvalue weighted by Crippen LogP contribution is -2.42. The summed E-state index contributed by atoms with van der Waals surface area (Å²) in [6.45, 7) is 1.62. The molecule has 1 aliphatic carbocycles. The molecule has 196 valence electrons. The lowest BCUT2D eigenvalue weighted by molar-refractivity contribution is -0.120. The van der Waals surface area contributed by atoms with Crippen LogP contribution in [0.3, 0.4) is 0 Å². The summed E-state index contributed by atoms with van der Waals surface area (Å²) in [5, 5.41) is 3.06. The normalized spacial score (nSPS) is 13.8. The zero-order valence-electron chi connectivity index (χ0n) is 21.6. The van der Waals surface area contributed by atoms with Gasteiger partial charge in [-0.3, -0.25) is 9.10 Å². The fourth-order valence-corrected chi connectivity index (χ4v) is 6.20. The molecule has 3 aromatic rings. The van der Waals surface area contributed by atoms with E-state index in [9.17, 15) is 13.2 Å². The number of sulfonamides is 1. The number of fused-ring (bicyclic) bond motifs is 1. The number of aryl methyl sites for hydroxylation is 2. The number of hydrogen-bond donors (Lipinski definition) is 1. The average Bonchev–Trinajstić information content (AvgIpc) is 2.94. The van der Waals surface area contributed by atoms with E-state index in [4.69, 9.17) is 9.47 Å². The van der Waals surface area contributed by atoms with Crippen molar-refractivity contribution in [2.45, 2.75) is 50.0 Å². The first-order valence-electron chi connectivity index (χ1n) is 12.6. The molecule has 0 aliphatic heterocycles. The van der Waals surface area contributed by atoms with E-state index in [1.807, 2.05) is 6.92 Å². The van der Waals surface area contributed by atoms with Gasteiger partial charge in [0.1, 0.15) is 18.0 Å². The number of para-hydroxylation sites is 2. The van der Waals surface area contributed by atoms with E-state index in [1.54, 1.807) is 36.4 Å². The first-order valence-corrected chi connectivity index (χ1v) is 14.0. The van der Waals surface area contributed by atoms with Crippen molar-refractivity contribution < 1.29 is 22.7 Å². The van der Waals surface area contributed by atoms with E-state index >= 15 is 0 Å². The van der Waals surface area contributed by atoms with Crippen LogP contribution in [-0.2, 0) is 27.7 Å². The quantitative estimate of drug-likeness (QED) is 0.403. The smallest absolute Gasteiger partial charge is 0.264 e. The topological polar surface area (TPSA) is 84.9 Å². The van der Waals surface area contributed by atoms with E-state index < -0.39 is 22.5 Å². The maximum absolute atomic E-state index is 13.8. The van der Waals surface area contributed by atoms with Crippen LogP contribution >= 0.6 is 0 Å². The Morgan fingerprint density at radius 3 is 2.32 bits per heavy atom. The van der Waals surface area contributed by atoms with Crippen molar-refractivity contribution in [1.29, 1.82) is 0 Å². The minimum absolute atomic E-state index is 0.0498. The first-order chi connectivity index (χ1) is 17.9. The minimum atomic E-state index is -4.09. The highest BCUT2D eigenvalue weighted by molar-refractivity contribution is 7.92. The molecule has 0 heterocycles. The number of nitrogens with zero attached hydrogens (tertiary/aromatic N) is 1. The van der Waals surface area contributed by atoms with Crippen LogP contribution in [-0.4, -0.2) is 35.1 Å². The van der Waals surface area contributed by atoms with Crippen molar-refractivity contribution in [3.8, 4) is 11.5 Å². The number of ether oxygens (including phenoxy) is 2. The van der Waals surface area contributed by atoms with Crippen LogP contribution in [0.4, 0.5) is 5.69 Å². The fraction of sp³-hybridized carbons (Fsp3) is 0.345. The average molecular weight is 523 g/mol. The van der Waals surface area contributed by atoms with E-state index in [2.05, 4.69) is 23.5 Å². The third-order valence-electron chi connectivity index (χ3n) is 6.81. The van der Waals surface area contributed by atoms with Gasteiger partial charge in [-0.15, -0.1) is 0 Å². The molecular formula is C29H34N2O5S. The van der Waals surface area contributed by atoms with Gasteiger partial charge in [-0.1, -0.05) is 37.3 Å². The van der Waals surface area contributed by atoms with E-state index in [0.717, 1.165) is 22.7 Å². The lowest BCUT2D eigenvalue weighted by Gasteiger charge is -2.27. The van der Waals surface area contributed by atoms with Crippen molar-refractivity contribution in [1.82, 2.24) is 5.32 Å². The molecule has 0 saturated carbocycles. The molecule has 1 N–H and O–H groups in total. The molecule has 0 spiro atoms. The molecule has 0 aromatic heterocycles. The zero-order valence-corrected chi connectivity index (χ0v) is 22.4. The molecule has 7 nitrogen and oxygen atoms in total. The monoisotopic (exact) mass is 522 g/mol. The highest BCUT2D eigenvalue weighted by Gasteiger charge is 2.30. The van der Waals surface area contributed by atoms with Crippen molar-refractivity contribution in [2.75, 3.05) is 25.1 Å². The van der Waals surface area contributed by atoms with Gasteiger partial charge in [-0.25, -0.2) is 8.42 Å². The molecule has 1 amide bonds. The maximum atomic E-state index is 13.8. The van der Waals surface area contributed by atoms with E-state index in [1.165, 1.54) is 50.3 Å². The molecule has 8 heteroatoms. The predicted octanol–water partition coefficient (Wildman–Crippen LogP) is 5.05. The van der Waals surface area contributed by atoms with Crippen LogP contribution in [0.5, 0.6) is 11.5 Å². The number of carbonyl (C=O) groups excluding carboxylic acids is 1. The van der Waals surface area contributed by atoms with Gasteiger partial charge in [-0.05, 0) is 85.2 Å². The third-order valence-corrected chi connectivity index (χ3v) is 8.58. The van der Waals surface area contributed by atoms with E-state index in [-0.39, 0.29) is 16.6 Å². The molecule has 4 rings (SSSR count). The Balaban J connectivity index is 1.63. The molecule has 3 aromatic carbocycles. The number of nitrogens with one attached hydrogen (secondary N) is 1. The van der Waals surface area contributed by atoms with E-state index in [0.29, 0.717) is 17.9 Å². The summed E-state index contributed by atoms with van der Waals surface area (Å²) in [5.41, 5.74) is 4.05. The Bertz CT molecular complexity index is 1340. The summed E-state index contributed by atoms with van der Waals surface area (Å²) < 4.78 is 39.3. The van der Waals surface area contributed by atoms with Crippen LogP contribution in [0, 0.1) is 0 Å². The summed E-state index contributed by atoms with van der Waals surface area (Å²) in [7, 11) is -1.10. The van der Waals surface area contributed by atoms with Gasteiger partial charge in [0.2, 0.25) is 5.91 Å². The van der Waals surface area contributed by atoms with Gasteiger partial charge in [-0.2, -0.15) is 0 Å². The number of benzene rings is 3. The minimum Gasteiger partial charge on any atom is -0.497 e. The SMILES string of the molecule is CCC(NC(=O)CN(c1ccccc1OC)S(=O)(=O)c1ccc(OC)cc1)c1ccc2c(c1)CCCC2. The molecule has 0 radical (unpaired) electrons. The lowest BCUT2D eigenvalue weighted by atomic mass is 9.89. The number of rotatable bonds is 10. The summed E-state index contributed by atoms with van der Waals surface area (Å²) >= 11 is 0. The fourth-order valence-electron chi connectivity index (χ4n) is 4.77. The van der Waals surface area contributed by atoms with Crippen molar-refractivity contribution >= 4 is 21.6 Å². The van der Waals surface area contributed by atoms with Crippen LogP contribution < -0.4 is 19.1 Å². The molecule has 0 bridgehead atoms. The molecule has 1 aliphatic rings. The standard InChI is InChI=1S/C29H34N2O5S/c1-4-26(23-14-13-21-9-5-6-10-22(21)19-23)30-29(32)20-31(27-11-7-8-12-28(27)36-3)37(33,34)25-17-15-24(35-2)16-18-25/h7-8,11-19,26H,4-6,9-10,20H2,1-3H3,(H,30,32). The van der Waals surface area contributed by atoms with Crippen molar-refractivity contribution in [2.24, 2.45) is 0 Å². The highest BCUT2D eigenvalue weighted by Crippen LogP contribution is 2.33. The highest BCUT2D eigenvalue weighted by atomic mass is 32.2. The van der Waals surface area contributed by atoms with Crippen LogP contribution in [0.1, 0.15) is 48.9 Å². The number of carbonyl (C=O) groups is 1. The second-order valence-electron chi connectivity index (χ2n) is 9.12. The van der Waals surface area contributed by atoms with Gasteiger partial charge in [0.05, 0.1) is 30.8 Å². The zero-order chi connectivity index (χ0) is 26.4. The van der Waals surface area contributed by atoms with Gasteiger partial charge >= 0.3 is 0 Å². The summed E-state index contributed by atoms with van der Waals surface area (Å²) in [6.07, 6.45) is 5.22. The Hall–Kier alpha value is -3.52. The molecule has 37 heavy (non-hydrogen) atoms. The molecule has 0 fully saturated rings. The van der Waals surface area contributed by atoms with Crippen LogP contribution in [0.25, 0.3) is 0 Å². The molecule has 0 saturated heterocycles.